The summed E-state index contributed by atoms with van der Waals surface area (Å²) in [5.41, 5.74) is 6.94. The number of esters is 2. The van der Waals surface area contributed by atoms with Gasteiger partial charge in [0.25, 0.3) is 0 Å². The Morgan fingerprint density at radius 1 is 0.884 bits per heavy atom. The molecule has 0 radical (unpaired) electrons. The van der Waals surface area contributed by atoms with Gasteiger partial charge in [-0.2, -0.15) is 0 Å². The van der Waals surface area contributed by atoms with Crippen molar-refractivity contribution >= 4 is 51.1 Å². The van der Waals surface area contributed by atoms with Gasteiger partial charge in [-0.05, 0) is 81.1 Å². The Balaban J connectivity index is 1.99. The maximum absolute atomic E-state index is 13.8. The topological polar surface area (TPSA) is 130 Å². The molecule has 5 rings (SSSR count). The number of nitrogens with one attached hydrogen (secondary N) is 2. The van der Waals surface area contributed by atoms with Crippen LogP contribution >= 0.6 is 0 Å². The maximum atomic E-state index is 13.8. The SMILES string of the molecule is CC[C@@H]1c2cc3[nH]c(cc4nc(cc5[nH]c(cc(n2)[C@]1(C)C(=O)N(C)C)cc5C)C(C)=C4C(=O)OC)c(C(=O)OC)c3C. The van der Waals surface area contributed by atoms with Crippen molar-refractivity contribution in [2.24, 2.45) is 0 Å². The number of carbonyl (C=O) groups is 3. The highest BCUT2D eigenvalue weighted by molar-refractivity contribution is 6.25. The van der Waals surface area contributed by atoms with Gasteiger partial charge >= 0.3 is 11.9 Å². The zero-order chi connectivity index (χ0) is 31.4. The predicted octanol–water partition coefficient (Wildman–Crippen LogP) is 5.36. The van der Waals surface area contributed by atoms with Crippen molar-refractivity contribution < 1.29 is 23.9 Å². The third-order valence-electron chi connectivity index (χ3n) is 8.67. The van der Waals surface area contributed by atoms with Crippen molar-refractivity contribution in [1.29, 1.82) is 0 Å². The second-order valence-corrected chi connectivity index (χ2v) is 11.5. The van der Waals surface area contributed by atoms with E-state index in [0.29, 0.717) is 56.8 Å². The van der Waals surface area contributed by atoms with Crippen LogP contribution < -0.4 is 0 Å². The van der Waals surface area contributed by atoms with Gasteiger partial charge < -0.3 is 24.3 Å². The molecular weight excluding hydrogens is 546 g/mol. The van der Waals surface area contributed by atoms with Gasteiger partial charge in [0.15, 0.2) is 0 Å². The molecule has 224 valence electrons. The fourth-order valence-corrected chi connectivity index (χ4v) is 6.31. The van der Waals surface area contributed by atoms with Crippen molar-refractivity contribution in [3.05, 3.63) is 69.8 Å². The fraction of sp³-hybridized carbons (Fsp3) is 0.364. The highest BCUT2D eigenvalue weighted by atomic mass is 16.5. The summed E-state index contributed by atoms with van der Waals surface area (Å²) in [5.74, 6) is -1.33. The number of aromatic amines is 2. The molecule has 2 atom stereocenters. The summed E-state index contributed by atoms with van der Waals surface area (Å²) in [6, 6.07) is 9.39. The number of H-pyrrole nitrogens is 2. The van der Waals surface area contributed by atoms with E-state index in [4.69, 9.17) is 19.4 Å². The van der Waals surface area contributed by atoms with Gasteiger partial charge in [-0.25, -0.2) is 14.6 Å². The number of fused-ring (bicyclic) bond motifs is 8. The Labute approximate surface area is 250 Å². The van der Waals surface area contributed by atoms with Gasteiger partial charge in [-0.1, -0.05) is 6.92 Å². The molecule has 2 aliphatic heterocycles. The first-order valence-corrected chi connectivity index (χ1v) is 14.2. The van der Waals surface area contributed by atoms with E-state index < -0.39 is 17.4 Å². The van der Waals surface area contributed by atoms with Gasteiger partial charge in [0.2, 0.25) is 5.91 Å². The molecule has 3 aromatic rings. The smallest absolute Gasteiger partial charge is 0.340 e. The van der Waals surface area contributed by atoms with Gasteiger partial charge in [0.05, 0.1) is 53.4 Å². The lowest BCUT2D eigenvalue weighted by atomic mass is 9.72. The molecule has 5 heterocycles. The minimum absolute atomic E-state index is 0.0441. The molecule has 2 N–H and O–H groups in total. The van der Waals surface area contributed by atoms with Gasteiger partial charge in [0.1, 0.15) is 0 Å². The number of ether oxygens (including phenoxy) is 2. The number of rotatable bonds is 4. The number of hydrogen-bond donors (Lipinski definition) is 2. The van der Waals surface area contributed by atoms with Crippen molar-refractivity contribution in [3.63, 3.8) is 0 Å². The molecule has 0 saturated heterocycles. The summed E-state index contributed by atoms with van der Waals surface area (Å²) >= 11 is 0. The molecule has 8 bridgehead atoms. The number of aryl methyl sites for hydroxylation is 2. The molecule has 10 nitrogen and oxygen atoms in total. The second-order valence-electron chi connectivity index (χ2n) is 11.5. The summed E-state index contributed by atoms with van der Waals surface area (Å²) < 4.78 is 10.3. The lowest BCUT2D eigenvalue weighted by molar-refractivity contribution is -0.135. The summed E-state index contributed by atoms with van der Waals surface area (Å²) in [6.45, 7) is 9.61. The molecule has 0 aliphatic carbocycles. The van der Waals surface area contributed by atoms with Crippen LogP contribution in [0.2, 0.25) is 0 Å². The fourth-order valence-electron chi connectivity index (χ4n) is 6.31. The van der Waals surface area contributed by atoms with Crippen LogP contribution in [0.1, 0.15) is 77.4 Å². The molecule has 43 heavy (non-hydrogen) atoms. The van der Waals surface area contributed by atoms with Crippen LogP contribution in [0.15, 0.2) is 30.3 Å². The minimum Gasteiger partial charge on any atom is -0.465 e. The molecule has 0 spiro atoms. The van der Waals surface area contributed by atoms with E-state index >= 15 is 0 Å². The van der Waals surface area contributed by atoms with E-state index in [0.717, 1.165) is 22.3 Å². The third kappa shape index (κ3) is 4.70. The van der Waals surface area contributed by atoms with Crippen LogP contribution in [-0.4, -0.2) is 71.0 Å². The van der Waals surface area contributed by atoms with Gasteiger partial charge in [-0.15, -0.1) is 0 Å². The highest BCUT2D eigenvalue weighted by Gasteiger charge is 2.49. The minimum atomic E-state index is -0.921. The standard InChI is InChI=1S/C33H37N5O5/c1-10-20-24-14-23-18(4)29(31(40)43-9)26(36-23)15-25-28(30(39)42-8)17(3)22(35-25)13-21-16(2)11-19(34-21)12-27(37-24)33(20,5)32(41)38(6)7/h11-15,20,34,36H,10H2,1-9H3/t20-,33-/m1/s1. The Kier molecular flexibility index (Phi) is 7.50. The average molecular weight is 584 g/mol. The number of allylic oxidation sites excluding steroid dienone is 1. The number of aromatic nitrogens is 4. The normalized spacial score (nSPS) is 18.0. The van der Waals surface area contributed by atoms with E-state index in [1.165, 1.54) is 14.2 Å². The first-order valence-electron chi connectivity index (χ1n) is 14.2. The molecule has 0 aromatic carbocycles. The van der Waals surface area contributed by atoms with Gasteiger partial charge in [-0.3, -0.25) is 9.78 Å². The molecule has 2 aliphatic rings. The molecule has 0 fully saturated rings. The summed E-state index contributed by atoms with van der Waals surface area (Å²) in [6.07, 6.45) is 0.663. The van der Waals surface area contributed by atoms with Crippen LogP contribution in [0.25, 0.3) is 33.2 Å². The van der Waals surface area contributed by atoms with Crippen molar-refractivity contribution in [2.75, 3.05) is 28.3 Å². The average Bonchev–Trinajstić information content (AvgIpc) is 3.65. The lowest BCUT2D eigenvalue weighted by Crippen LogP contribution is -2.43. The lowest BCUT2D eigenvalue weighted by Gasteiger charge is -2.32. The predicted molar refractivity (Wildman–Crippen MR) is 165 cm³/mol. The van der Waals surface area contributed by atoms with Crippen molar-refractivity contribution in [3.8, 4) is 0 Å². The van der Waals surface area contributed by atoms with Gasteiger partial charge in [0, 0.05) is 42.3 Å². The largest absolute Gasteiger partial charge is 0.465 e. The first kappa shape index (κ1) is 29.8. The van der Waals surface area contributed by atoms with Crippen LogP contribution in [0.5, 0.6) is 0 Å². The van der Waals surface area contributed by atoms with E-state index in [2.05, 4.69) is 9.97 Å². The van der Waals surface area contributed by atoms with Crippen molar-refractivity contribution in [2.45, 2.75) is 52.4 Å². The Morgan fingerprint density at radius 2 is 1.56 bits per heavy atom. The number of methoxy groups -OCH3 is 2. The number of hydrogen-bond acceptors (Lipinski definition) is 7. The van der Waals surface area contributed by atoms with Crippen LogP contribution in [0, 0.1) is 13.8 Å². The van der Waals surface area contributed by atoms with E-state index in [1.54, 1.807) is 25.1 Å². The third-order valence-corrected chi connectivity index (χ3v) is 8.67. The van der Waals surface area contributed by atoms with E-state index in [9.17, 15) is 14.4 Å². The number of carbonyl (C=O) groups excluding carboxylic acids is 3. The van der Waals surface area contributed by atoms with Crippen LogP contribution in [-0.2, 0) is 24.5 Å². The molecule has 3 aromatic heterocycles. The monoisotopic (exact) mass is 583 g/mol. The summed E-state index contributed by atoms with van der Waals surface area (Å²) in [5, 5.41) is 0. The molecule has 0 saturated carbocycles. The number of amides is 1. The van der Waals surface area contributed by atoms with E-state index in [1.807, 2.05) is 58.9 Å². The molecule has 0 unspecified atom stereocenters. The summed E-state index contributed by atoms with van der Waals surface area (Å²) in [4.78, 5) is 58.1. The van der Waals surface area contributed by atoms with Crippen LogP contribution in [0.3, 0.4) is 0 Å². The number of nitrogens with zero attached hydrogens (tertiary/aromatic N) is 3. The zero-order valence-electron chi connectivity index (χ0n) is 26.1. The Bertz CT molecular complexity index is 1880. The highest BCUT2D eigenvalue weighted by Crippen LogP contribution is 2.45. The van der Waals surface area contributed by atoms with Crippen molar-refractivity contribution in [1.82, 2.24) is 24.8 Å². The zero-order valence-corrected chi connectivity index (χ0v) is 26.1. The number of likely N-dealkylation sites (N-methyl/N-ethyl adjacent to an activating group) is 1. The Hall–Kier alpha value is -4.73. The molecule has 1 amide bonds. The summed E-state index contributed by atoms with van der Waals surface area (Å²) in [7, 11) is 6.16. The first-order chi connectivity index (χ1) is 20.3. The second kappa shape index (κ2) is 10.8. The van der Waals surface area contributed by atoms with E-state index in [-0.39, 0.29) is 11.8 Å². The molecular formula is C33H37N5O5. The maximum Gasteiger partial charge on any atom is 0.340 e. The quantitative estimate of drug-likeness (QED) is 0.395. The Morgan fingerprint density at radius 3 is 2.19 bits per heavy atom. The molecule has 10 heteroatoms. The van der Waals surface area contributed by atoms with Crippen LogP contribution in [0.4, 0.5) is 0 Å².